The summed E-state index contributed by atoms with van der Waals surface area (Å²) in [5.74, 6) is 0.323. The second-order valence-corrected chi connectivity index (χ2v) is 8.27. The van der Waals surface area contributed by atoms with Crippen LogP contribution in [0.4, 0.5) is 11.4 Å². The van der Waals surface area contributed by atoms with E-state index in [-0.39, 0.29) is 6.54 Å². The number of carbonyl (C=O) groups is 2. The summed E-state index contributed by atoms with van der Waals surface area (Å²) in [6.45, 7) is 4.51. The van der Waals surface area contributed by atoms with Crippen LogP contribution in [0, 0.1) is 13.8 Å². The Hall–Kier alpha value is -4.65. The molecule has 4 aromatic rings. The molecule has 182 valence electrons. The quantitative estimate of drug-likeness (QED) is 0.257. The molecule has 2 amide bonds. The van der Waals surface area contributed by atoms with Gasteiger partial charge in [0.2, 0.25) is 0 Å². The Morgan fingerprint density at radius 1 is 0.889 bits per heavy atom. The zero-order chi connectivity index (χ0) is 25.3. The molecule has 0 saturated heterocycles. The van der Waals surface area contributed by atoms with Crippen molar-refractivity contribution in [3.05, 3.63) is 113 Å². The van der Waals surface area contributed by atoms with E-state index >= 15 is 0 Å². The third-order valence-corrected chi connectivity index (χ3v) is 5.50. The number of aryl methyl sites for hydroxylation is 2. The highest BCUT2D eigenvalue weighted by molar-refractivity contribution is 6.39. The summed E-state index contributed by atoms with van der Waals surface area (Å²) >= 11 is 0. The minimum Gasteiger partial charge on any atom is -0.489 e. The van der Waals surface area contributed by atoms with E-state index in [1.54, 1.807) is 24.4 Å². The fourth-order valence-corrected chi connectivity index (χ4v) is 3.32. The third kappa shape index (κ3) is 6.93. The number of nitrogens with one attached hydrogen (secondary N) is 2. The van der Waals surface area contributed by atoms with Crippen LogP contribution in [-0.4, -0.2) is 18.0 Å². The van der Waals surface area contributed by atoms with Crippen molar-refractivity contribution in [2.75, 3.05) is 5.32 Å². The Bertz CT molecular complexity index is 1360. The van der Waals surface area contributed by atoms with Crippen LogP contribution in [0.25, 0.3) is 0 Å². The lowest BCUT2D eigenvalue weighted by atomic mass is 10.1. The molecule has 2 N–H and O–H groups in total. The van der Waals surface area contributed by atoms with Gasteiger partial charge in [0.25, 0.3) is 0 Å². The number of benzene rings is 3. The first-order chi connectivity index (χ1) is 17.5. The number of carbonyl (C=O) groups excluding carboxylic acids is 2. The molecular formula is C29H27N3O4. The molecule has 0 aliphatic carbocycles. The van der Waals surface area contributed by atoms with Crippen LogP contribution in [-0.2, 0) is 22.7 Å². The van der Waals surface area contributed by atoms with Crippen LogP contribution in [0.15, 0.2) is 94.3 Å². The highest BCUT2D eigenvalue weighted by Crippen LogP contribution is 2.19. The van der Waals surface area contributed by atoms with E-state index < -0.39 is 11.8 Å². The molecule has 4 rings (SSSR count). The van der Waals surface area contributed by atoms with Crippen LogP contribution < -0.4 is 15.4 Å². The van der Waals surface area contributed by atoms with E-state index in [9.17, 15) is 9.59 Å². The predicted molar refractivity (Wildman–Crippen MR) is 140 cm³/mol. The van der Waals surface area contributed by atoms with Crippen LogP contribution in [0.2, 0.25) is 0 Å². The van der Waals surface area contributed by atoms with Gasteiger partial charge in [-0.25, -0.2) is 0 Å². The van der Waals surface area contributed by atoms with Crippen molar-refractivity contribution in [3.63, 3.8) is 0 Å². The van der Waals surface area contributed by atoms with Gasteiger partial charge in [-0.15, -0.1) is 0 Å². The lowest BCUT2D eigenvalue weighted by Gasteiger charge is -2.07. The molecule has 36 heavy (non-hydrogen) atoms. The Morgan fingerprint density at radius 3 is 2.42 bits per heavy atom. The molecule has 1 heterocycles. The van der Waals surface area contributed by atoms with Crippen molar-refractivity contribution in [1.82, 2.24) is 5.32 Å². The maximum absolute atomic E-state index is 12.1. The first kappa shape index (κ1) is 24.5. The van der Waals surface area contributed by atoms with Gasteiger partial charge in [-0.05, 0) is 79.1 Å². The minimum atomic E-state index is -0.741. The molecule has 3 aromatic carbocycles. The summed E-state index contributed by atoms with van der Waals surface area (Å²) in [4.78, 5) is 28.7. The number of hydrogen-bond donors (Lipinski definition) is 2. The molecule has 0 unspecified atom stereocenters. The van der Waals surface area contributed by atoms with E-state index in [1.807, 2.05) is 80.6 Å². The van der Waals surface area contributed by atoms with E-state index in [0.29, 0.717) is 23.8 Å². The van der Waals surface area contributed by atoms with Crippen LogP contribution in [0.1, 0.15) is 28.2 Å². The Balaban J connectivity index is 1.24. The van der Waals surface area contributed by atoms with Gasteiger partial charge in [0.1, 0.15) is 23.9 Å². The van der Waals surface area contributed by atoms with Crippen molar-refractivity contribution in [1.29, 1.82) is 0 Å². The van der Waals surface area contributed by atoms with Gasteiger partial charge in [-0.1, -0.05) is 36.4 Å². The standard InChI is InChI=1S/C29H27N3O4/c1-20-8-9-24(16-21(20)2)32-29(34)28(33)31-18-27-15-14-26(36-27)17-30-23-10-12-25(13-11-23)35-19-22-6-4-3-5-7-22/h3-17H,18-19H2,1-2H3,(H,31,33)(H,32,34). The maximum Gasteiger partial charge on any atom is 0.313 e. The van der Waals surface area contributed by atoms with E-state index in [4.69, 9.17) is 9.15 Å². The van der Waals surface area contributed by atoms with Gasteiger partial charge in [0, 0.05) is 5.69 Å². The second-order valence-electron chi connectivity index (χ2n) is 8.27. The van der Waals surface area contributed by atoms with E-state index in [1.165, 1.54) is 0 Å². The number of nitrogens with zero attached hydrogens (tertiary/aromatic N) is 1. The Morgan fingerprint density at radius 2 is 1.67 bits per heavy atom. The lowest BCUT2D eigenvalue weighted by Crippen LogP contribution is -2.34. The largest absolute Gasteiger partial charge is 0.489 e. The number of amides is 2. The molecule has 0 aliphatic rings. The molecule has 0 radical (unpaired) electrons. The van der Waals surface area contributed by atoms with Gasteiger partial charge in [-0.2, -0.15) is 0 Å². The Labute approximate surface area is 209 Å². The summed E-state index contributed by atoms with van der Waals surface area (Å²) in [7, 11) is 0. The van der Waals surface area contributed by atoms with E-state index in [2.05, 4.69) is 15.6 Å². The predicted octanol–water partition coefficient (Wildman–Crippen LogP) is 5.48. The number of aliphatic imine (C=N–C) groups is 1. The van der Waals surface area contributed by atoms with E-state index in [0.717, 1.165) is 28.1 Å². The van der Waals surface area contributed by atoms with Crippen molar-refractivity contribution in [2.24, 2.45) is 4.99 Å². The fourth-order valence-electron chi connectivity index (χ4n) is 3.32. The van der Waals surface area contributed by atoms with Crippen molar-refractivity contribution < 1.29 is 18.7 Å². The van der Waals surface area contributed by atoms with Crippen LogP contribution in [0.3, 0.4) is 0 Å². The van der Waals surface area contributed by atoms with Crippen molar-refractivity contribution in [3.8, 4) is 5.75 Å². The van der Waals surface area contributed by atoms with Gasteiger partial charge in [0.05, 0.1) is 18.4 Å². The fraction of sp³-hybridized carbons (Fsp3) is 0.138. The maximum atomic E-state index is 12.1. The van der Waals surface area contributed by atoms with Crippen molar-refractivity contribution >= 4 is 29.4 Å². The monoisotopic (exact) mass is 481 g/mol. The van der Waals surface area contributed by atoms with Crippen LogP contribution in [0.5, 0.6) is 5.75 Å². The molecule has 7 heteroatoms. The minimum absolute atomic E-state index is 0.0838. The Kier molecular flexibility index (Phi) is 7.93. The van der Waals surface area contributed by atoms with Gasteiger partial charge < -0.3 is 19.8 Å². The smallest absolute Gasteiger partial charge is 0.313 e. The average molecular weight is 482 g/mol. The summed E-state index contributed by atoms with van der Waals surface area (Å²) < 4.78 is 11.5. The zero-order valence-corrected chi connectivity index (χ0v) is 20.2. The second kappa shape index (κ2) is 11.7. The molecule has 0 saturated carbocycles. The van der Waals surface area contributed by atoms with Gasteiger partial charge >= 0.3 is 11.8 Å². The summed E-state index contributed by atoms with van der Waals surface area (Å²) in [5, 5.41) is 5.16. The molecule has 0 bridgehead atoms. The topological polar surface area (TPSA) is 92.9 Å². The number of rotatable bonds is 8. The molecule has 0 atom stereocenters. The average Bonchev–Trinajstić information content (AvgIpc) is 3.36. The summed E-state index contributed by atoms with van der Waals surface area (Å²) in [6, 6.07) is 26.4. The number of hydrogen-bond acceptors (Lipinski definition) is 5. The highest BCUT2D eigenvalue weighted by Gasteiger charge is 2.14. The molecule has 7 nitrogen and oxygen atoms in total. The molecular weight excluding hydrogens is 454 g/mol. The SMILES string of the molecule is Cc1ccc(NC(=O)C(=O)NCc2ccc(C=Nc3ccc(OCc4ccccc4)cc3)o2)cc1C. The molecule has 1 aromatic heterocycles. The molecule has 0 spiro atoms. The normalized spacial score (nSPS) is 10.8. The highest BCUT2D eigenvalue weighted by atomic mass is 16.5. The first-order valence-corrected chi connectivity index (χ1v) is 11.5. The van der Waals surface area contributed by atoms with Gasteiger partial charge in [-0.3, -0.25) is 14.6 Å². The zero-order valence-electron chi connectivity index (χ0n) is 20.2. The number of furan rings is 1. The molecule has 0 aliphatic heterocycles. The van der Waals surface area contributed by atoms with Crippen molar-refractivity contribution in [2.45, 2.75) is 27.0 Å². The van der Waals surface area contributed by atoms with Crippen LogP contribution >= 0.6 is 0 Å². The summed E-state index contributed by atoms with van der Waals surface area (Å²) in [5.41, 5.74) is 4.57. The van der Waals surface area contributed by atoms with Gasteiger partial charge in [0.15, 0.2) is 0 Å². The number of ether oxygens (including phenoxy) is 1. The molecule has 0 fully saturated rings. The summed E-state index contributed by atoms with van der Waals surface area (Å²) in [6.07, 6.45) is 1.59. The third-order valence-electron chi connectivity index (χ3n) is 5.50. The number of anilines is 1. The lowest BCUT2D eigenvalue weighted by molar-refractivity contribution is -0.136. The first-order valence-electron chi connectivity index (χ1n) is 11.5.